The van der Waals surface area contributed by atoms with Crippen LogP contribution in [-0.4, -0.2) is 59.5 Å². The number of aliphatic imine (C=N–C) groups is 1. The quantitative estimate of drug-likeness (QED) is 0.601. The maximum absolute atomic E-state index is 5.95. The van der Waals surface area contributed by atoms with Crippen molar-refractivity contribution < 1.29 is 9.47 Å². The van der Waals surface area contributed by atoms with Crippen molar-refractivity contribution >= 4 is 5.96 Å². The maximum atomic E-state index is 5.95. The predicted molar refractivity (Wildman–Crippen MR) is 96.9 cm³/mol. The van der Waals surface area contributed by atoms with Crippen LogP contribution < -0.4 is 14.8 Å². The molecule has 0 bridgehead atoms. The lowest BCUT2D eigenvalue weighted by Gasteiger charge is -2.23. The third kappa shape index (κ3) is 5.10. The second-order valence-corrected chi connectivity index (χ2v) is 5.66. The lowest BCUT2D eigenvalue weighted by molar-refractivity contribution is 0.212. The number of hydrogen-bond donors (Lipinski definition) is 1. The van der Waals surface area contributed by atoms with Crippen molar-refractivity contribution in [1.29, 1.82) is 0 Å². The molecule has 8 nitrogen and oxygen atoms in total. The van der Waals surface area contributed by atoms with Crippen LogP contribution in [0.25, 0.3) is 0 Å². The van der Waals surface area contributed by atoms with E-state index in [0.29, 0.717) is 13.1 Å². The van der Waals surface area contributed by atoms with Gasteiger partial charge in [0.25, 0.3) is 0 Å². The number of aryl methyl sites for hydroxylation is 1. The second-order valence-electron chi connectivity index (χ2n) is 5.66. The van der Waals surface area contributed by atoms with Gasteiger partial charge in [0.2, 0.25) is 0 Å². The minimum Gasteiger partial charge on any atom is -0.493 e. The summed E-state index contributed by atoms with van der Waals surface area (Å²) in [6, 6.07) is 7.61. The van der Waals surface area contributed by atoms with Gasteiger partial charge in [-0.3, -0.25) is 9.67 Å². The van der Waals surface area contributed by atoms with Crippen LogP contribution in [0.5, 0.6) is 11.5 Å². The Morgan fingerprint density at radius 1 is 1.36 bits per heavy atom. The Balaban J connectivity index is 1.88. The second kappa shape index (κ2) is 8.91. The van der Waals surface area contributed by atoms with E-state index in [0.717, 1.165) is 23.3 Å². The molecule has 1 atom stereocenters. The molecular weight excluding hydrogens is 320 g/mol. The predicted octanol–water partition coefficient (Wildman–Crippen LogP) is 1.30. The van der Waals surface area contributed by atoms with Gasteiger partial charge >= 0.3 is 0 Å². The molecule has 1 unspecified atom stereocenters. The number of benzene rings is 1. The standard InChI is InChI=1S/C17H26N6O2/c1-13(25-15-9-7-6-8-14(15)24-5)10-19-17(18-2)22(3)11-16-20-12-21-23(16)4/h6-9,12-13H,10-11H2,1-5H3,(H,18,19). The van der Waals surface area contributed by atoms with Gasteiger partial charge in [-0.15, -0.1) is 0 Å². The topological polar surface area (TPSA) is 76.8 Å². The molecule has 0 amide bonds. The molecule has 25 heavy (non-hydrogen) atoms. The van der Waals surface area contributed by atoms with E-state index in [4.69, 9.17) is 9.47 Å². The van der Waals surface area contributed by atoms with E-state index >= 15 is 0 Å². The Bertz CT molecular complexity index is 700. The van der Waals surface area contributed by atoms with Crippen LogP contribution in [0.1, 0.15) is 12.7 Å². The maximum Gasteiger partial charge on any atom is 0.193 e. The van der Waals surface area contributed by atoms with Crippen LogP contribution in [0.15, 0.2) is 35.6 Å². The molecule has 1 N–H and O–H groups in total. The van der Waals surface area contributed by atoms with Crippen LogP contribution in [0.2, 0.25) is 0 Å². The molecule has 2 rings (SSSR count). The average molecular weight is 346 g/mol. The zero-order valence-electron chi connectivity index (χ0n) is 15.4. The molecule has 2 aromatic rings. The van der Waals surface area contributed by atoms with E-state index in [-0.39, 0.29) is 6.10 Å². The third-order valence-corrected chi connectivity index (χ3v) is 3.70. The number of aromatic nitrogens is 3. The molecule has 0 saturated carbocycles. The molecule has 1 aromatic heterocycles. The lowest BCUT2D eigenvalue weighted by atomic mass is 10.3. The minimum atomic E-state index is -0.0590. The van der Waals surface area contributed by atoms with Crippen LogP contribution in [0.4, 0.5) is 0 Å². The van der Waals surface area contributed by atoms with E-state index < -0.39 is 0 Å². The third-order valence-electron chi connectivity index (χ3n) is 3.70. The summed E-state index contributed by atoms with van der Waals surface area (Å²) in [5, 5.41) is 7.39. The number of methoxy groups -OCH3 is 1. The summed E-state index contributed by atoms with van der Waals surface area (Å²) in [4.78, 5) is 10.5. The number of rotatable bonds is 7. The average Bonchev–Trinajstić information content (AvgIpc) is 3.00. The van der Waals surface area contributed by atoms with Gasteiger partial charge in [-0.2, -0.15) is 5.10 Å². The zero-order valence-corrected chi connectivity index (χ0v) is 15.4. The van der Waals surface area contributed by atoms with Gasteiger partial charge in [0.1, 0.15) is 18.3 Å². The Morgan fingerprint density at radius 2 is 2.08 bits per heavy atom. The Kier molecular flexibility index (Phi) is 6.62. The number of guanidine groups is 1. The zero-order chi connectivity index (χ0) is 18.2. The number of nitrogens with zero attached hydrogens (tertiary/aromatic N) is 5. The summed E-state index contributed by atoms with van der Waals surface area (Å²) in [6.45, 7) is 3.21. The lowest BCUT2D eigenvalue weighted by Crippen LogP contribution is -2.42. The molecule has 136 valence electrons. The Hall–Kier alpha value is -2.77. The molecule has 0 aliphatic heterocycles. The highest BCUT2D eigenvalue weighted by Gasteiger charge is 2.13. The first kappa shape index (κ1) is 18.6. The molecule has 0 radical (unpaired) electrons. The van der Waals surface area contributed by atoms with E-state index in [1.165, 1.54) is 0 Å². The summed E-state index contributed by atoms with van der Waals surface area (Å²) in [5.74, 6) is 3.07. The molecule has 0 aliphatic carbocycles. The first-order chi connectivity index (χ1) is 12.0. The van der Waals surface area contributed by atoms with Crippen molar-refractivity contribution in [3.63, 3.8) is 0 Å². The van der Waals surface area contributed by atoms with Crippen molar-refractivity contribution in [3.8, 4) is 11.5 Å². The highest BCUT2D eigenvalue weighted by Crippen LogP contribution is 2.26. The molecule has 0 saturated heterocycles. The van der Waals surface area contributed by atoms with Crippen molar-refractivity contribution in [1.82, 2.24) is 25.0 Å². The van der Waals surface area contributed by atoms with Gasteiger partial charge in [0, 0.05) is 21.1 Å². The van der Waals surface area contributed by atoms with Crippen molar-refractivity contribution in [2.24, 2.45) is 12.0 Å². The smallest absolute Gasteiger partial charge is 0.193 e. The van der Waals surface area contributed by atoms with Crippen molar-refractivity contribution in [3.05, 3.63) is 36.4 Å². The molecule has 1 heterocycles. The summed E-state index contributed by atoms with van der Waals surface area (Å²) in [6.07, 6.45) is 1.49. The normalized spacial score (nSPS) is 12.6. The number of hydrogen-bond acceptors (Lipinski definition) is 5. The fourth-order valence-electron chi connectivity index (χ4n) is 2.34. The van der Waals surface area contributed by atoms with E-state index in [9.17, 15) is 0 Å². The largest absolute Gasteiger partial charge is 0.493 e. The van der Waals surface area contributed by atoms with Gasteiger partial charge < -0.3 is 19.7 Å². The van der Waals surface area contributed by atoms with Gasteiger partial charge in [-0.05, 0) is 19.1 Å². The summed E-state index contributed by atoms with van der Waals surface area (Å²) in [5.41, 5.74) is 0. The molecule has 0 fully saturated rings. The van der Waals surface area contributed by atoms with Crippen molar-refractivity contribution in [2.75, 3.05) is 27.7 Å². The van der Waals surface area contributed by atoms with Crippen LogP contribution in [0, 0.1) is 0 Å². The van der Waals surface area contributed by atoms with Gasteiger partial charge in [0.05, 0.1) is 20.2 Å². The number of para-hydroxylation sites is 2. The van der Waals surface area contributed by atoms with E-state index in [1.807, 2.05) is 50.2 Å². The number of nitrogens with one attached hydrogen (secondary N) is 1. The summed E-state index contributed by atoms with van der Waals surface area (Å²) >= 11 is 0. The van der Waals surface area contributed by atoms with Crippen LogP contribution in [0.3, 0.4) is 0 Å². The molecule has 0 aliphatic rings. The fraction of sp³-hybridized carbons (Fsp3) is 0.471. The highest BCUT2D eigenvalue weighted by molar-refractivity contribution is 5.79. The fourth-order valence-corrected chi connectivity index (χ4v) is 2.34. The monoisotopic (exact) mass is 346 g/mol. The number of ether oxygens (including phenoxy) is 2. The highest BCUT2D eigenvalue weighted by atomic mass is 16.5. The summed E-state index contributed by atoms with van der Waals surface area (Å²) in [7, 11) is 7.21. The Labute approximate surface area is 148 Å². The Morgan fingerprint density at radius 3 is 2.68 bits per heavy atom. The van der Waals surface area contributed by atoms with Crippen LogP contribution in [-0.2, 0) is 13.6 Å². The SMILES string of the molecule is CN=C(NCC(C)Oc1ccccc1OC)N(C)Cc1ncnn1C. The molecule has 8 heteroatoms. The summed E-state index contributed by atoms with van der Waals surface area (Å²) < 4.78 is 13.0. The van der Waals surface area contributed by atoms with E-state index in [2.05, 4.69) is 20.4 Å². The minimum absolute atomic E-state index is 0.0590. The van der Waals surface area contributed by atoms with E-state index in [1.54, 1.807) is 25.2 Å². The first-order valence-electron chi connectivity index (χ1n) is 8.09. The first-order valence-corrected chi connectivity index (χ1v) is 8.09. The van der Waals surface area contributed by atoms with Gasteiger partial charge in [-0.1, -0.05) is 12.1 Å². The molecular formula is C17H26N6O2. The molecule has 1 aromatic carbocycles. The van der Waals surface area contributed by atoms with Gasteiger partial charge in [-0.25, -0.2) is 4.98 Å². The van der Waals surface area contributed by atoms with Crippen molar-refractivity contribution in [2.45, 2.75) is 19.6 Å². The van der Waals surface area contributed by atoms with Gasteiger partial charge in [0.15, 0.2) is 17.5 Å². The van der Waals surface area contributed by atoms with Crippen LogP contribution >= 0.6 is 0 Å². The molecule has 0 spiro atoms.